The van der Waals surface area contributed by atoms with E-state index in [0.29, 0.717) is 17.5 Å². The van der Waals surface area contributed by atoms with Crippen LogP contribution < -0.4 is 10.2 Å². The Labute approximate surface area is 99.9 Å². The highest BCUT2D eigenvalue weighted by molar-refractivity contribution is 5.72. The summed E-state index contributed by atoms with van der Waals surface area (Å²) < 4.78 is 10.2. The van der Waals surface area contributed by atoms with Gasteiger partial charge >= 0.3 is 5.97 Å². The van der Waals surface area contributed by atoms with Crippen LogP contribution in [0.25, 0.3) is 0 Å². The number of carbonyl (C=O) groups is 1. The molecule has 0 saturated carbocycles. The third kappa shape index (κ3) is 2.76. The molecule has 1 aliphatic heterocycles. The molecule has 6 nitrogen and oxygen atoms in total. The van der Waals surface area contributed by atoms with Crippen LogP contribution in [-0.2, 0) is 16.0 Å². The molecule has 0 bridgehead atoms. The van der Waals surface area contributed by atoms with Crippen LogP contribution in [0.2, 0.25) is 0 Å². The molecule has 17 heavy (non-hydrogen) atoms. The summed E-state index contributed by atoms with van der Waals surface area (Å²) in [7, 11) is 1.37. The van der Waals surface area contributed by atoms with Crippen LogP contribution in [0.15, 0.2) is 4.42 Å². The van der Waals surface area contributed by atoms with Crippen molar-refractivity contribution < 1.29 is 13.9 Å². The third-order valence-corrected chi connectivity index (χ3v) is 2.81. The Kier molecular flexibility index (Phi) is 3.63. The normalized spacial score (nSPS) is 16.0. The van der Waals surface area contributed by atoms with Gasteiger partial charge in [-0.25, -0.2) is 0 Å². The van der Waals surface area contributed by atoms with E-state index in [1.807, 2.05) is 6.92 Å². The summed E-state index contributed by atoms with van der Waals surface area (Å²) in [4.78, 5) is 17.6. The highest BCUT2D eigenvalue weighted by Crippen LogP contribution is 2.19. The molecular weight excluding hydrogens is 222 g/mol. The predicted molar refractivity (Wildman–Crippen MR) is 62.0 cm³/mol. The van der Waals surface area contributed by atoms with Crippen LogP contribution in [0.3, 0.4) is 0 Å². The quantitative estimate of drug-likeness (QED) is 0.755. The van der Waals surface area contributed by atoms with Crippen LogP contribution in [0, 0.1) is 6.92 Å². The van der Waals surface area contributed by atoms with Crippen LogP contribution in [0.4, 0.5) is 6.01 Å². The van der Waals surface area contributed by atoms with E-state index < -0.39 is 0 Å². The molecule has 0 aromatic carbocycles. The van der Waals surface area contributed by atoms with E-state index in [2.05, 4.69) is 19.9 Å². The number of hydrogen-bond donors (Lipinski definition) is 1. The van der Waals surface area contributed by atoms with Gasteiger partial charge in [-0.05, 0) is 6.92 Å². The van der Waals surface area contributed by atoms with Crippen molar-refractivity contribution in [1.82, 2.24) is 10.3 Å². The number of methoxy groups -OCH3 is 1. The van der Waals surface area contributed by atoms with E-state index in [1.54, 1.807) is 0 Å². The molecule has 1 fully saturated rings. The second-order valence-electron chi connectivity index (χ2n) is 3.99. The molecule has 0 atom stereocenters. The molecule has 1 aliphatic rings. The first kappa shape index (κ1) is 11.9. The molecule has 1 aromatic rings. The number of anilines is 1. The van der Waals surface area contributed by atoms with E-state index in [0.717, 1.165) is 26.2 Å². The highest BCUT2D eigenvalue weighted by Gasteiger charge is 2.19. The topological polar surface area (TPSA) is 67.6 Å². The van der Waals surface area contributed by atoms with Crippen molar-refractivity contribution in [3.8, 4) is 0 Å². The van der Waals surface area contributed by atoms with Gasteiger partial charge in [0.15, 0.2) is 0 Å². The minimum atomic E-state index is -0.298. The van der Waals surface area contributed by atoms with E-state index >= 15 is 0 Å². The highest BCUT2D eigenvalue weighted by atomic mass is 16.5. The Morgan fingerprint density at radius 2 is 2.24 bits per heavy atom. The van der Waals surface area contributed by atoms with Gasteiger partial charge in [-0.3, -0.25) is 4.79 Å². The van der Waals surface area contributed by atoms with E-state index in [-0.39, 0.29) is 12.4 Å². The van der Waals surface area contributed by atoms with Crippen molar-refractivity contribution in [2.24, 2.45) is 0 Å². The van der Waals surface area contributed by atoms with Gasteiger partial charge in [0.2, 0.25) is 0 Å². The SMILES string of the molecule is COC(=O)Cc1nc(N2CCNCC2)oc1C. The molecule has 1 saturated heterocycles. The Morgan fingerprint density at radius 1 is 1.53 bits per heavy atom. The molecule has 0 spiro atoms. The summed E-state index contributed by atoms with van der Waals surface area (Å²) in [6.07, 6.45) is 0.165. The largest absolute Gasteiger partial charge is 0.469 e. The summed E-state index contributed by atoms with van der Waals surface area (Å²) in [6, 6.07) is 0.600. The minimum absolute atomic E-state index is 0.165. The maximum Gasteiger partial charge on any atom is 0.311 e. The number of aryl methyl sites for hydroxylation is 1. The number of esters is 1. The second kappa shape index (κ2) is 5.18. The lowest BCUT2D eigenvalue weighted by molar-refractivity contribution is -0.139. The first-order chi connectivity index (χ1) is 8.20. The third-order valence-electron chi connectivity index (χ3n) is 2.81. The number of nitrogens with zero attached hydrogens (tertiary/aromatic N) is 2. The van der Waals surface area contributed by atoms with Crippen molar-refractivity contribution in [3.05, 3.63) is 11.5 Å². The summed E-state index contributed by atoms with van der Waals surface area (Å²) in [5, 5.41) is 3.26. The van der Waals surface area contributed by atoms with Crippen molar-refractivity contribution in [2.45, 2.75) is 13.3 Å². The number of aromatic nitrogens is 1. The lowest BCUT2D eigenvalue weighted by Crippen LogP contribution is -2.43. The summed E-state index contributed by atoms with van der Waals surface area (Å²) in [5.41, 5.74) is 0.658. The van der Waals surface area contributed by atoms with Gasteiger partial charge in [0.1, 0.15) is 5.76 Å². The van der Waals surface area contributed by atoms with Crippen molar-refractivity contribution in [3.63, 3.8) is 0 Å². The fraction of sp³-hybridized carbons (Fsp3) is 0.636. The van der Waals surface area contributed by atoms with Gasteiger partial charge in [0.25, 0.3) is 6.01 Å². The van der Waals surface area contributed by atoms with Gasteiger partial charge < -0.3 is 19.4 Å². The zero-order valence-corrected chi connectivity index (χ0v) is 10.2. The summed E-state index contributed by atoms with van der Waals surface area (Å²) in [6.45, 7) is 5.41. The van der Waals surface area contributed by atoms with Gasteiger partial charge in [0, 0.05) is 26.2 Å². The van der Waals surface area contributed by atoms with Crippen LogP contribution in [0.1, 0.15) is 11.5 Å². The van der Waals surface area contributed by atoms with Gasteiger partial charge in [-0.1, -0.05) is 0 Å². The van der Waals surface area contributed by atoms with Gasteiger partial charge in [-0.2, -0.15) is 4.98 Å². The lowest BCUT2D eigenvalue weighted by atomic mass is 10.3. The zero-order valence-electron chi connectivity index (χ0n) is 10.2. The van der Waals surface area contributed by atoms with Crippen LogP contribution in [0.5, 0.6) is 0 Å². The van der Waals surface area contributed by atoms with E-state index in [4.69, 9.17) is 4.42 Å². The number of piperazine rings is 1. The molecule has 2 rings (SSSR count). The smallest absolute Gasteiger partial charge is 0.311 e. The summed E-state index contributed by atoms with van der Waals surface area (Å²) in [5.74, 6) is 0.386. The molecule has 1 aromatic heterocycles. The maximum absolute atomic E-state index is 11.2. The molecule has 0 radical (unpaired) electrons. The fourth-order valence-electron chi connectivity index (χ4n) is 1.78. The van der Waals surface area contributed by atoms with Crippen LogP contribution in [-0.4, -0.2) is 44.2 Å². The average molecular weight is 239 g/mol. The number of hydrogen-bond acceptors (Lipinski definition) is 6. The van der Waals surface area contributed by atoms with E-state index in [1.165, 1.54) is 7.11 Å². The molecule has 94 valence electrons. The molecule has 0 aliphatic carbocycles. The maximum atomic E-state index is 11.2. The number of ether oxygens (including phenoxy) is 1. The molecule has 2 heterocycles. The monoisotopic (exact) mass is 239 g/mol. The van der Waals surface area contributed by atoms with Gasteiger partial charge in [-0.15, -0.1) is 0 Å². The number of carbonyl (C=O) groups excluding carboxylic acids is 1. The Balaban J connectivity index is 2.09. The lowest BCUT2D eigenvalue weighted by Gasteiger charge is -2.25. The Morgan fingerprint density at radius 3 is 2.88 bits per heavy atom. The standard InChI is InChI=1S/C11H17N3O3/c1-8-9(7-10(15)16-2)13-11(17-8)14-5-3-12-4-6-14/h12H,3-7H2,1-2H3. The minimum Gasteiger partial charge on any atom is -0.469 e. The zero-order chi connectivity index (χ0) is 12.3. The number of oxazole rings is 1. The van der Waals surface area contributed by atoms with Crippen molar-refractivity contribution in [2.75, 3.05) is 38.2 Å². The number of rotatable bonds is 3. The average Bonchev–Trinajstić information content (AvgIpc) is 2.72. The number of nitrogens with one attached hydrogen (secondary N) is 1. The molecule has 0 amide bonds. The van der Waals surface area contributed by atoms with Crippen molar-refractivity contribution >= 4 is 12.0 Å². The van der Waals surface area contributed by atoms with E-state index in [9.17, 15) is 4.79 Å². The molecule has 6 heteroatoms. The van der Waals surface area contributed by atoms with Crippen LogP contribution >= 0.6 is 0 Å². The van der Waals surface area contributed by atoms with Gasteiger partial charge in [0.05, 0.1) is 19.2 Å². The Bertz CT molecular complexity index is 397. The first-order valence-corrected chi connectivity index (χ1v) is 5.69. The summed E-state index contributed by atoms with van der Waals surface area (Å²) >= 11 is 0. The first-order valence-electron chi connectivity index (χ1n) is 5.69. The Hall–Kier alpha value is -1.56. The predicted octanol–water partition coefficient (Wildman–Crippen LogP) is 0.108. The van der Waals surface area contributed by atoms with Crippen molar-refractivity contribution in [1.29, 1.82) is 0 Å². The molecule has 0 unspecified atom stereocenters. The fourth-order valence-corrected chi connectivity index (χ4v) is 1.78. The second-order valence-corrected chi connectivity index (χ2v) is 3.99. The molecule has 1 N–H and O–H groups in total. The molecular formula is C11H17N3O3.